The molecule has 0 amide bonds. The minimum absolute atomic E-state index is 0. The molecule has 2 unspecified atom stereocenters. The summed E-state index contributed by atoms with van der Waals surface area (Å²) < 4.78 is 65.5. The SMILES string of the molecule is CC1CN(S(=O)(=O)c2ccc(Cl)cc2C(F)(F)F)CCC1N.Cl. The first-order chi connectivity index (χ1) is 10.0. The smallest absolute Gasteiger partial charge is 0.327 e. The molecule has 1 fully saturated rings. The predicted molar refractivity (Wildman–Crippen MR) is 84.2 cm³/mol. The Balaban J connectivity index is 0.00000264. The van der Waals surface area contributed by atoms with Crippen molar-refractivity contribution < 1.29 is 21.6 Å². The lowest BCUT2D eigenvalue weighted by molar-refractivity contribution is -0.139. The fourth-order valence-corrected chi connectivity index (χ4v) is 4.35. The van der Waals surface area contributed by atoms with Crippen LogP contribution in [0.5, 0.6) is 0 Å². The average Bonchev–Trinajstić information content (AvgIpc) is 2.40. The van der Waals surface area contributed by atoms with E-state index in [1.165, 1.54) is 0 Å². The molecule has 10 heteroatoms. The number of nitrogens with two attached hydrogens (primary N) is 1. The maximum absolute atomic E-state index is 13.1. The number of benzene rings is 1. The van der Waals surface area contributed by atoms with Crippen LogP contribution < -0.4 is 5.73 Å². The monoisotopic (exact) mass is 392 g/mol. The molecule has 1 saturated heterocycles. The van der Waals surface area contributed by atoms with E-state index in [-0.39, 0.29) is 42.5 Å². The van der Waals surface area contributed by atoms with Gasteiger partial charge in [0.25, 0.3) is 0 Å². The van der Waals surface area contributed by atoms with Crippen LogP contribution >= 0.6 is 24.0 Å². The molecule has 132 valence electrons. The number of hydrogen-bond acceptors (Lipinski definition) is 3. The third kappa shape index (κ3) is 4.30. The second-order valence-corrected chi connectivity index (χ2v) is 7.77. The van der Waals surface area contributed by atoms with Crippen LogP contribution in [0.3, 0.4) is 0 Å². The van der Waals surface area contributed by atoms with Crippen molar-refractivity contribution in [3.8, 4) is 0 Å². The Hall–Kier alpha value is -0.540. The average molecular weight is 393 g/mol. The summed E-state index contributed by atoms with van der Waals surface area (Å²) in [5, 5.41) is -0.166. The minimum Gasteiger partial charge on any atom is -0.327 e. The van der Waals surface area contributed by atoms with Crippen LogP contribution in [0.25, 0.3) is 0 Å². The predicted octanol–water partition coefficient (Wildman–Crippen LogP) is 3.14. The number of rotatable bonds is 2. The lowest BCUT2D eigenvalue weighted by Crippen LogP contribution is -2.48. The Morgan fingerprint density at radius 1 is 1.35 bits per heavy atom. The molecule has 1 aliphatic heterocycles. The van der Waals surface area contributed by atoms with Crippen LogP contribution in [-0.2, 0) is 16.2 Å². The Labute approximate surface area is 144 Å². The molecule has 0 bridgehead atoms. The normalized spacial score (nSPS) is 23.4. The maximum Gasteiger partial charge on any atom is 0.417 e. The number of nitrogens with zero attached hydrogens (tertiary/aromatic N) is 1. The van der Waals surface area contributed by atoms with E-state index < -0.39 is 26.7 Å². The second-order valence-electron chi connectivity index (χ2n) is 5.43. The zero-order chi connectivity index (χ0) is 16.7. The molecule has 0 radical (unpaired) electrons. The van der Waals surface area contributed by atoms with Gasteiger partial charge in [-0.1, -0.05) is 18.5 Å². The summed E-state index contributed by atoms with van der Waals surface area (Å²) in [5.41, 5.74) is 4.57. The molecule has 2 rings (SSSR count). The zero-order valence-electron chi connectivity index (χ0n) is 12.2. The van der Waals surface area contributed by atoms with E-state index in [2.05, 4.69) is 0 Å². The lowest BCUT2D eigenvalue weighted by atomic mass is 9.96. The Morgan fingerprint density at radius 3 is 2.48 bits per heavy atom. The highest BCUT2D eigenvalue weighted by molar-refractivity contribution is 7.89. The Bertz CT molecular complexity index is 668. The van der Waals surface area contributed by atoms with E-state index in [1.807, 2.05) is 0 Å². The summed E-state index contributed by atoms with van der Waals surface area (Å²) in [6.07, 6.45) is -4.39. The number of halogens is 5. The third-order valence-corrected chi connectivity index (χ3v) is 5.96. The highest BCUT2D eigenvalue weighted by Gasteiger charge is 2.40. The maximum atomic E-state index is 13.1. The van der Waals surface area contributed by atoms with Crippen molar-refractivity contribution >= 4 is 34.0 Å². The summed E-state index contributed by atoms with van der Waals surface area (Å²) in [6.45, 7) is 1.98. The zero-order valence-corrected chi connectivity index (χ0v) is 14.6. The molecule has 1 aromatic rings. The summed E-state index contributed by atoms with van der Waals surface area (Å²) in [7, 11) is -4.25. The largest absolute Gasteiger partial charge is 0.417 e. The first-order valence-corrected chi connectivity index (χ1v) is 8.47. The van der Waals surface area contributed by atoms with Gasteiger partial charge in [-0.05, 0) is 30.5 Å². The third-order valence-electron chi connectivity index (χ3n) is 3.80. The van der Waals surface area contributed by atoms with Crippen molar-refractivity contribution in [1.29, 1.82) is 0 Å². The van der Waals surface area contributed by atoms with Crippen molar-refractivity contribution in [3.05, 3.63) is 28.8 Å². The highest BCUT2D eigenvalue weighted by Crippen LogP contribution is 2.37. The van der Waals surface area contributed by atoms with Gasteiger partial charge in [0.05, 0.1) is 10.5 Å². The van der Waals surface area contributed by atoms with Gasteiger partial charge >= 0.3 is 6.18 Å². The summed E-state index contributed by atoms with van der Waals surface area (Å²) in [4.78, 5) is -0.771. The van der Waals surface area contributed by atoms with E-state index >= 15 is 0 Å². The van der Waals surface area contributed by atoms with Crippen molar-refractivity contribution in [3.63, 3.8) is 0 Å². The molecule has 0 saturated carbocycles. The van der Waals surface area contributed by atoms with Gasteiger partial charge in [0.2, 0.25) is 10.0 Å². The Kier molecular flexibility index (Phi) is 6.37. The van der Waals surface area contributed by atoms with Gasteiger partial charge in [-0.3, -0.25) is 0 Å². The van der Waals surface area contributed by atoms with Gasteiger partial charge in [-0.15, -0.1) is 12.4 Å². The van der Waals surface area contributed by atoms with Crippen molar-refractivity contribution in [1.82, 2.24) is 4.31 Å². The molecule has 4 nitrogen and oxygen atoms in total. The first-order valence-electron chi connectivity index (χ1n) is 6.66. The number of alkyl halides is 3. The molecule has 0 spiro atoms. The summed E-state index contributed by atoms with van der Waals surface area (Å²) in [5.74, 6) is -0.120. The summed E-state index contributed by atoms with van der Waals surface area (Å²) >= 11 is 5.58. The van der Waals surface area contributed by atoms with Crippen molar-refractivity contribution in [2.24, 2.45) is 11.7 Å². The molecule has 0 aromatic heterocycles. The molecule has 2 atom stereocenters. The van der Waals surface area contributed by atoms with Crippen LogP contribution in [0.1, 0.15) is 18.9 Å². The van der Waals surface area contributed by atoms with Crippen LogP contribution in [-0.4, -0.2) is 31.9 Å². The molecule has 1 aromatic carbocycles. The number of sulfonamides is 1. The molecular formula is C13H17Cl2F3N2O2S. The minimum atomic E-state index is -4.80. The molecule has 2 N–H and O–H groups in total. The van der Waals surface area contributed by atoms with E-state index in [9.17, 15) is 21.6 Å². The van der Waals surface area contributed by atoms with Gasteiger partial charge in [0, 0.05) is 24.2 Å². The number of piperidine rings is 1. The second kappa shape index (κ2) is 7.14. The standard InChI is InChI=1S/C13H16ClF3N2O2S.ClH/c1-8-7-19(5-4-11(8)18)22(20,21)12-3-2-9(14)6-10(12)13(15,16)17;/h2-3,6,8,11H,4-5,7,18H2,1H3;1H. The molecule has 0 aliphatic carbocycles. The van der Waals surface area contributed by atoms with E-state index in [4.69, 9.17) is 17.3 Å². The van der Waals surface area contributed by atoms with Gasteiger partial charge in [-0.2, -0.15) is 17.5 Å². The molecular weight excluding hydrogens is 376 g/mol. The highest BCUT2D eigenvalue weighted by atomic mass is 35.5. The van der Waals surface area contributed by atoms with Gasteiger partial charge in [-0.25, -0.2) is 8.42 Å². The molecule has 1 heterocycles. The van der Waals surface area contributed by atoms with Crippen LogP contribution in [0, 0.1) is 5.92 Å². The number of hydrogen-bond donors (Lipinski definition) is 1. The van der Waals surface area contributed by atoms with E-state index in [0.717, 1.165) is 16.4 Å². The fraction of sp³-hybridized carbons (Fsp3) is 0.538. The van der Waals surface area contributed by atoms with Gasteiger partial charge in [0.1, 0.15) is 0 Å². The van der Waals surface area contributed by atoms with Crippen LogP contribution in [0.4, 0.5) is 13.2 Å². The topological polar surface area (TPSA) is 63.4 Å². The van der Waals surface area contributed by atoms with E-state index in [1.54, 1.807) is 6.92 Å². The van der Waals surface area contributed by atoms with Crippen molar-refractivity contribution in [2.75, 3.05) is 13.1 Å². The molecule has 1 aliphatic rings. The Morgan fingerprint density at radius 2 is 1.96 bits per heavy atom. The summed E-state index contributed by atoms with van der Waals surface area (Å²) in [6, 6.07) is 2.52. The van der Waals surface area contributed by atoms with Crippen LogP contribution in [0.2, 0.25) is 5.02 Å². The molecule has 23 heavy (non-hydrogen) atoms. The quantitative estimate of drug-likeness (QED) is 0.840. The van der Waals surface area contributed by atoms with Gasteiger partial charge in [0.15, 0.2) is 0 Å². The first kappa shape index (κ1) is 20.5. The van der Waals surface area contributed by atoms with E-state index in [0.29, 0.717) is 12.5 Å². The van der Waals surface area contributed by atoms with Crippen molar-refractivity contribution in [2.45, 2.75) is 30.5 Å². The lowest BCUT2D eigenvalue weighted by Gasteiger charge is -2.34. The van der Waals surface area contributed by atoms with Gasteiger partial charge < -0.3 is 5.73 Å². The fourth-order valence-electron chi connectivity index (χ4n) is 2.43. The van der Waals surface area contributed by atoms with Crippen LogP contribution in [0.15, 0.2) is 23.1 Å².